The predicted molar refractivity (Wildman–Crippen MR) is 121 cm³/mol. The predicted octanol–water partition coefficient (Wildman–Crippen LogP) is 4.65. The zero-order valence-electron chi connectivity index (χ0n) is 17.7. The van der Waals surface area contributed by atoms with Gasteiger partial charge in [-0.2, -0.15) is 9.78 Å². The second kappa shape index (κ2) is 9.00. The van der Waals surface area contributed by atoms with Crippen molar-refractivity contribution in [3.8, 4) is 11.5 Å². The lowest BCUT2D eigenvalue weighted by atomic mass is 9.97. The number of fused-ring (bicyclic) bond motifs is 3. The van der Waals surface area contributed by atoms with Gasteiger partial charge in [0.25, 0.3) is 5.56 Å². The molecular weight excluding hydrogens is 398 g/mol. The second-order valence-corrected chi connectivity index (χ2v) is 9.05. The van der Waals surface area contributed by atoms with Gasteiger partial charge in [-0.05, 0) is 67.3 Å². The van der Waals surface area contributed by atoms with Gasteiger partial charge < -0.3 is 9.47 Å². The van der Waals surface area contributed by atoms with Gasteiger partial charge in [0.05, 0.1) is 25.3 Å². The summed E-state index contributed by atoms with van der Waals surface area (Å²) in [5.41, 5.74) is 1.89. The van der Waals surface area contributed by atoms with Crippen LogP contribution in [0.4, 0.5) is 0 Å². The quantitative estimate of drug-likeness (QED) is 0.517. The Labute approximate surface area is 180 Å². The average molecular weight is 426 g/mol. The first-order valence-corrected chi connectivity index (χ1v) is 11.3. The Hall–Kier alpha value is -2.67. The molecule has 0 aliphatic heterocycles. The molecule has 0 saturated carbocycles. The lowest BCUT2D eigenvalue weighted by Crippen LogP contribution is -2.18. The van der Waals surface area contributed by atoms with Crippen molar-refractivity contribution >= 4 is 27.8 Å². The van der Waals surface area contributed by atoms with Crippen LogP contribution in [0.1, 0.15) is 49.1 Å². The monoisotopic (exact) mass is 425 g/mol. The van der Waals surface area contributed by atoms with Crippen LogP contribution in [-0.2, 0) is 12.8 Å². The molecule has 0 N–H and O–H groups in total. The first kappa shape index (κ1) is 20.6. The fourth-order valence-electron chi connectivity index (χ4n) is 3.64. The Balaban J connectivity index is 1.58. The van der Waals surface area contributed by atoms with Gasteiger partial charge in [0.15, 0.2) is 11.5 Å². The van der Waals surface area contributed by atoms with E-state index in [0.717, 1.165) is 41.5 Å². The summed E-state index contributed by atoms with van der Waals surface area (Å²) >= 11 is 1.64. The molecule has 0 spiro atoms. The SMILES string of the molecule is COc1cc(C=Nn2cnc3sc4c(c3c2=O)CCCC4)ccc1OCCC(C)C. The van der Waals surface area contributed by atoms with Gasteiger partial charge in [-0.3, -0.25) is 4.79 Å². The molecule has 0 saturated heterocycles. The summed E-state index contributed by atoms with van der Waals surface area (Å²) in [6, 6.07) is 5.64. The number of aryl methyl sites for hydroxylation is 2. The van der Waals surface area contributed by atoms with E-state index in [1.54, 1.807) is 24.7 Å². The molecule has 158 valence electrons. The molecule has 0 atom stereocenters. The molecule has 30 heavy (non-hydrogen) atoms. The maximum atomic E-state index is 13.0. The van der Waals surface area contributed by atoms with Crippen molar-refractivity contribution in [3.63, 3.8) is 0 Å². The third-order valence-electron chi connectivity index (χ3n) is 5.33. The van der Waals surface area contributed by atoms with Crippen LogP contribution in [0.5, 0.6) is 11.5 Å². The molecule has 0 unspecified atom stereocenters. The van der Waals surface area contributed by atoms with Gasteiger partial charge in [-0.25, -0.2) is 4.98 Å². The first-order chi connectivity index (χ1) is 14.6. The number of benzene rings is 1. The third-order valence-corrected chi connectivity index (χ3v) is 6.53. The van der Waals surface area contributed by atoms with Crippen molar-refractivity contribution in [1.29, 1.82) is 0 Å². The molecule has 1 aliphatic rings. The minimum absolute atomic E-state index is 0.101. The fraction of sp³-hybridized carbons (Fsp3) is 0.435. The number of rotatable bonds is 7. The molecule has 2 heterocycles. The summed E-state index contributed by atoms with van der Waals surface area (Å²) in [7, 11) is 1.62. The highest BCUT2D eigenvalue weighted by Crippen LogP contribution is 2.33. The molecule has 0 amide bonds. The maximum Gasteiger partial charge on any atom is 0.282 e. The molecule has 0 bridgehead atoms. The topological polar surface area (TPSA) is 65.7 Å². The summed E-state index contributed by atoms with van der Waals surface area (Å²) in [6.07, 6.45) is 8.45. The van der Waals surface area contributed by atoms with Crippen LogP contribution in [0, 0.1) is 5.92 Å². The van der Waals surface area contributed by atoms with Gasteiger partial charge in [0.2, 0.25) is 0 Å². The molecule has 7 heteroatoms. The van der Waals surface area contributed by atoms with Crippen molar-refractivity contribution < 1.29 is 9.47 Å². The van der Waals surface area contributed by atoms with Crippen LogP contribution in [0.25, 0.3) is 10.2 Å². The minimum atomic E-state index is -0.101. The summed E-state index contributed by atoms with van der Waals surface area (Å²) in [6.45, 7) is 4.98. The number of methoxy groups -OCH3 is 1. The van der Waals surface area contributed by atoms with Crippen LogP contribution in [0.15, 0.2) is 34.4 Å². The number of thiophene rings is 1. The van der Waals surface area contributed by atoms with Crippen molar-refractivity contribution in [2.45, 2.75) is 46.0 Å². The van der Waals surface area contributed by atoms with Crippen molar-refractivity contribution in [3.05, 3.63) is 50.9 Å². The Morgan fingerprint density at radius 3 is 2.90 bits per heavy atom. The van der Waals surface area contributed by atoms with E-state index in [1.807, 2.05) is 18.2 Å². The van der Waals surface area contributed by atoms with E-state index in [1.165, 1.54) is 27.9 Å². The number of aromatic nitrogens is 2. The highest BCUT2D eigenvalue weighted by Gasteiger charge is 2.19. The van der Waals surface area contributed by atoms with E-state index >= 15 is 0 Å². The molecule has 3 aromatic rings. The number of nitrogens with zero attached hydrogens (tertiary/aromatic N) is 3. The first-order valence-electron chi connectivity index (χ1n) is 10.4. The van der Waals surface area contributed by atoms with Gasteiger partial charge in [-0.1, -0.05) is 13.8 Å². The highest BCUT2D eigenvalue weighted by molar-refractivity contribution is 7.18. The lowest BCUT2D eigenvalue weighted by Gasteiger charge is -2.12. The smallest absolute Gasteiger partial charge is 0.282 e. The largest absolute Gasteiger partial charge is 0.493 e. The van der Waals surface area contributed by atoms with Crippen molar-refractivity contribution in [1.82, 2.24) is 9.66 Å². The Morgan fingerprint density at radius 1 is 1.27 bits per heavy atom. The molecule has 1 aromatic carbocycles. The molecular formula is C23H27N3O3S. The van der Waals surface area contributed by atoms with E-state index in [9.17, 15) is 4.79 Å². The molecule has 1 aliphatic carbocycles. The van der Waals surface area contributed by atoms with Crippen molar-refractivity contribution in [2.24, 2.45) is 11.0 Å². The number of ether oxygens (including phenoxy) is 2. The lowest BCUT2D eigenvalue weighted by molar-refractivity contribution is 0.273. The van der Waals surface area contributed by atoms with Crippen LogP contribution in [-0.4, -0.2) is 29.6 Å². The zero-order valence-corrected chi connectivity index (χ0v) is 18.5. The van der Waals surface area contributed by atoms with E-state index in [2.05, 4.69) is 23.9 Å². The number of hydrogen-bond donors (Lipinski definition) is 0. The molecule has 0 fully saturated rings. The van der Waals surface area contributed by atoms with Crippen LogP contribution in [0.3, 0.4) is 0 Å². The number of hydrogen-bond acceptors (Lipinski definition) is 6. The molecule has 0 radical (unpaired) electrons. The Morgan fingerprint density at radius 2 is 2.10 bits per heavy atom. The van der Waals surface area contributed by atoms with Gasteiger partial charge in [-0.15, -0.1) is 11.3 Å². The zero-order chi connectivity index (χ0) is 21.1. The van der Waals surface area contributed by atoms with Gasteiger partial charge in [0, 0.05) is 4.88 Å². The summed E-state index contributed by atoms with van der Waals surface area (Å²) in [5, 5.41) is 5.11. The highest BCUT2D eigenvalue weighted by atomic mass is 32.1. The molecule has 4 rings (SSSR count). The van der Waals surface area contributed by atoms with E-state index < -0.39 is 0 Å². The molecule has 2 aromatic heterocycles. The van der Waals surface area contributed by atoms with E-state index in [-0.39, 0.29) is 5.56 Å². The third kappa shape index (κ3) is 4.26. The van der Waals surface area contributed by atoms with Crippen LogP contribution >= 0.6 is 11.3 Å². The summed E-state index contributed by atoms with van der Waals surface area (Å²) < 4.78 is 12.6. The van der Waals surface area contributed by atoms with Gasteiger partial charge in [0.1, 0.15) is 11.2 Å². The normalized spacial score (nSPS) is 13.9. The second-order valence-electron chi connectivity index (χ2n) is 7.97. The Kier molecular flexibility index (Phi) is 6.18. The van der Waals surface area contributed by atoms with Crippen molar-refractivity contribution in [2.75, 3.05) is 13.7 Å². The van der Waals surface area contributed by atoms with Gasteiger partial charge >= 0.3 is 0 Å². The minimum Gasteiger partial charge on any atom is -0.493 e. The summed E-state index contributed by atoms with van der Waals surface area (Å²) in [4.78, 5) is 19.6. The maximum absolute atomic E-state index is 13.0. The van der Waals surface area contributed by atoms with E-state index in [0.29, 0.717) is 24.0 Å². The van der Waals surface area contributed by atoms with E-state index in [4.69, 9.17) is 9.47 Å². The molecule has 6 nitrogen and oxygen atoms in total. The van der Waals surface area contributed by atoms with Crippen LogP contribution in [0.2, 0.25) is 0 Å². The van der Waals surface area contributed by atoms with Crippen LogP contribution < -0.4 is 15.0 Å². The Bertz CT molecular complexity index is 1130. The summed E-state index contributed by atoms with van der Waals surface area (Å²) in [5.74, 6) is 1.94. The standard InChI is InChI=1S/C23H27N3O3S/c1-15(2)10-11-29-18-9-8-16(12-19(18)28-3)13-25-26-14-24-22-21(23(26)27)17-6-4-5-7-20(17)30-22/h8-9,12-15H,4-7,10-11H2,1-3H3. The average Bonchev–Trinajstić information content (AvgIpc) is 3.13. The fourth-order valence-corrected chi connectivity index (χ4v) is 4.86.